The molecule has 0 aliphatic heterocycles. The van der Waals surface area contributed by atoms with Gasteiger partial charge in [0.2, 0.25) is 5.91 Å². The summed E-state index contributed by atoms with van der Waals surface area (Å²) in [6, 6.07) is 13.8. The number of carbonyl (C=O) groups is 1. The molecule has 3 nitrogen and oxygen atoms in total. The van der Waals surface area contributed by atoms with E-state index in [1.165, 1.54) is 6.92 Å². The van der Waals surface area contributed by atoms with E-state index in [0.29, 0.717) is 0 Å². The van der Waals surface area contributed by atoms with E-state index >= 15 is 0 Å². The van der Waals surface area contributed by atoms with Crippen LogP contribution in [0.25, 0.3) is 0 Å². The summed E-state index contributed by atoms with van der Waals surface area (Å²) in [5.41, 5.74) is 8.50. The Labute approximate surface area is 117 Å². The fraction of sp³-hybridized carbons (Fsp3) is 0.133. The third-order valence-electron chi connectivity index (χ3n) is 2.65. The minimum atomic E-state index is -0.0606. The first kappa shape index (κ1) is 13.5. The van der Waals surface area contributed by atoms with Crippen molar-refractivity contribution in [3.63, 3.8) is 0 Å². The number of nitrogens with one attached hydrogen (secondary N) is 1. The van der Waals surface area contributed by atoms with E-state index in [1.54, 1.807) is 11.8 Å². The lowest BCUT2D eigenvalue weighted by atomic mass is 10.2. The van der Waals surface area contributed by atoms with Gasteiger partial charge in [-0.05, 0) is 55.0 Å². The van der Waals surface area contributed by atoms with Crippen LogP contribution in [0.3, 0.4) is 0 Å². The normalized spacial score (nSPS) is 10.2. The van der Waals surface area contributed by atoms with Crippen LogP contribution in [0.2, 0.25) is 0 Å². The van der Waals surface area contributed by atoms with Gasteiger partial charge in [-0.3, -0.25) is 4.79 Å². The highest BCUT2D eigenvalue weighted by atomic mass is 32.2. The molecule has 2 aromatic rings. The van der Waals surface area contributed by atoms with Gasteiger partial charge in [0.15, 0.2) is 0 Å². The van der Waals surface area contributed by atoms with Crippen LogP contribution in [0.4, 0.5) is 11.4 Å². The molecule has 2 rings (SSSR count). The molecule has 0 spiro atoms. The van der Waals surface area contributed by atoms with Crippen molar-refractivity contribution in [2.24, 2.45) is 0 Å². The molecule has 4 heteroatoms. The van der Waals surface area contributed by atoms with Crippen molar-refractivity contribution < 1.29 is 4.79 Å². The smallest absolute Gasteiger partial charge is 0.221 e. The van der Waals surface area contributed by atoms with Gasteiger partial charge in [0.25, 0.3) is 0 Å². The van der Waals surface area contributed by atoms with Crippen LogP contribution in [-0.2, 0) is 4.79 Å². The van der Waals surface area contributed by atoms with Crippen LogP contribution in [0.5, 0.6) is 0 Å². The second kappa shape index (κ2) is 5.80. The lowest BCUT2D eigenvalue weighted by molar-refractivity contribution is -0.114. The Balaban J connectivity index is 2.10. The summed E-state index contributed by atoms with van der Waals surface area (Å²) in [6.45, 7) is 3.50. The summed E-state index contributed by atoms with van der Waals surface area (Å²) in [5, 5.41) is 2.75. The Morgan fingerprint density at radius 1 is 1.11 bits per heavy atom. The third kappa shape index (κ3) is 3.76. The molecule has 98 valence electrons. The first-order valence-corrected chi connectivity index (χ1v) is 6.78. The highest BCUT2D eigenvalue weighted by Crippen LogP contribution is 2.30. The second-order valence-corrected chi connectivity index (χ2v) is 5.47. The molecule has 0 heterocycles. The number of benzene rings is 2. The lowest BCUT2D eigenvalue weighted by Crippen LogP contribution is -2.05. The third-order valence-corrected chi connectivity index (χ3v) is 3.65. The van der Waals surface area contributed by atoms with E-state index in [4.69, 9.17) is 5.73 Å². The number of rotatable bonds is 3. The van der Waals surface area contributed by atoms with Crippen molar-refractivity contribution in [3.8, 4) is 0 Å². The molecule has 0 radical (unpaired) electrons. The fourth-order valence-corrected chi connectivity index (χ4v) is 2.57. The van der Waals surface area contributed by atoms with Gasteiger partial charge in [0, 0.05) is 28.1 Å². The quantitative estimate of drug-likeness (QED) is 0.838. The van der Waals surface area contributed by atoms with E-state index in [2.05, 4.69) is 11.4 Å². The van der Waals surface area contributed by atoms with Crippen molar-refractivity contribution in [3.05, 3.63) is 48.0 Å². The van der Waals surface area contributed by atoms with Crippen LogP contribution < -0.4 is 11.1 Å². The SMILES string of the molecule is CC(=O)Nc1ccc(Sc2ccc(N)c(C)c2)cc1. The average molecular weight is 272 g/mol. The van der Waals surface area contributed by atoms with E-state index < -0.39 is 0 Å². The number of carbonyl (C=O) groups excluding carboxylic acids is 1. The molecule has 0 fully saturated rings. The van der Waals surface area contributed by atoms with Gasteiger partial charge in [0.1, 0.15) is 0 Å². The second-order valence-electron chi connectivity index (χ2n) is 4.33. The molecular formula is C15H16N2OS. The molecule has 3 N–H and O–H groups in total. The number of anilines is 2. The van der Waals surface area contributed by atoms with Crippen molar-refractivity contribution in [2.75, 3.05) is 11.1 Å². The van der Waals surface area contributed by atoms with Crippen molar-refractivity contribution in [2.45, 2.75) is 23.6 Å². The van der Waals surface area contributed by atoms with E-state index in [9.17, 15) is 4.79 Å². The summed E-state index contributed by atoms with van der Waals surface area (Å²) in [7, 11) is 0. The average Bonchev–Trinajstić information content (AvgIpc) is 2.36. The van der Waals surface area contributed by atoms with E-state index in [0.717, 1.165) is 26.7 Å². The molecule has 1 amide bonds. The zero-order valence-electron chi connectivity index (χ0n) is 10.9. The maximum Gasteiger partial charge on any atom is 0.221 e. The number of hydrogen-bond donors (Lipinski definition) is 2. The Morgan fingerprint density at radius 3 is 2.32 bits per heavy atom. The van der Waals surface area contributed by atoms with Crippen molar-refractivity contribution in [1.82, 2.24) is 0 Å². The minimum absolute atomic E-state index is 0.0606. The first-order chi connectivity index (χ1) is 9.04. The Morgan fingerprint density at radius 2 is 1.74 bits per heavy atom. The van der Waals surface area contributed by atoms with Gasteiger partial charge in [-0.1, -0.05) is 11.8 Å². The van der Waals surface area contributed by atoms with Gasteiger partial charge in [-0.2, -0.15) is 0 Å². The topological polar surface area (TPSA) is 55.1 Å². The predicted octanol–water partition coefficient (Wildman–Crippen LogP) is 3.69. The zero-order valence-corrected chi connectivity index (χ0v) is 11.8. The molecular weight excluding hydrogens is 256 g/mol. The fourth-order valence-electron chi connectivity index (χ4n) is 1.66. The Hall–Kier alpha value is -1.94. The summed E-state index contributed by atoms with van der Waals surface area (Å²) in [6.07, 6.45) is 0. The highest BCUT2D eigenvalue weighted by Gasteiger charge is 2.01. The highest BCUT2D eigenvalue weighted by molar-refractivity contribution is 7.99. The summed E-state index contributed by atoms with van der Waals surface area (Å²) in [5.74, 6) is -0.0606. The first-order valence-electron chi connectivity index (χ1n) is 5.96. The Kier molecular flexibility index (Phi) is 4.12. The lowest BCUT2D eigenvalue weighted by Gasteiger charge is -2.06. The van der Waals surface area contributed by atoms with Crippen molar-refractivity contribution in [1.29, 1.82) is 0 Å². The molecule has 0 atom stereocenters. The summed E-state index contributed by atoms with van der Waals surface area (Å²) >= 11 is 1.67. The Bertz CT molecular complexity index is 594. The molecule has 0 aliphatic rings. The standard InChI is InChI=1S/C15H16N2OS/c1-10-9-14(7-8-15(10)16)19-13-5-3-12(4-6-13)17-11(2)18/h3-9H,16H2,1-2H3,(H,17,18). The largest absolute Gasteiger partial charge is 0.399 e. The number of nitrogens with two attached hydrogens (primary N) is 1. The maximum absolute atomic E-state index is 10.9. The molecule has 19 heavy (non-hydrogen) atoms. The number of amides is 1. The predicted molar refractivity (Wildman–Crippen MR) is 80.5 cm³/mol. The molecule has 0 saturated carbocycles. The number of aryl methyl sites for hydroxylation is 1. The van der Waals surface area contributed by atoms with E-state index in [-0.39, 0.29) is 5.91 Å². The zero-order chi connectivity index (χ0) is 13.8. The molecule has 0 aromatic heterocycles. The van der Waals surface area contributed by atoms with E-state index in [1.807, 2.05) is 43.3 Å². The monoisotopic (exact) mass is 272 g/mol. The molecule has 0 bridgehead atoms. The van der Waals surface area contributed by atoms with Crippen LogP contribution >= 0.6 is 11.8 Å². The van der Waals surface area contributed by atoms with Gasteiger partial charge < -0.3 is 11.1 Å². The van der Waals surface area contributed by atoms with Gasteiger partial charge in [-0.15, -0.1) is 0 Å². The van der Waals surface area contributed by atoms with Gasteiger partial charge >= 0.3 is 0 Å². The van der Waals surface area contributed by atoms with Crippen LogP contribution in [0, 0.1) is 6.92 Å². The summed E-state index contributed by atoms with van der Waals surface area (Å²) < 4.78 is 0. The van der Waals surface area contributed by atoms with Crippen LogP contribution in [0.1, 0.15) is 12.5 Å². The molecule has 2 aromatic carbocycles. The molecule has 0 aliphatic carbocycles. The van der Waals surface area contributed by atoms with Crippen LogP contribution in [-0.4, -0.2) is 5.91 Å². The van der Waals surface area contributed by atoms with Crippen molar-refractivity contribution >= 4 is 29.0 Å². The van der Waals surface area contributed by atoms with Crippen LogP contribution in [0.15, 0.2) is 52.3 Å². The number of hydrogen-bond acceptors (Lipinski definition) is 3. The van der Waals surface area contributed by atoms with Gasteiger partial charge in [-0.25, -0.2) is 0 Å². The summed E-state index contributed by atoms with van der Waals surface area (Å²) in [4.78, 5) is 13.2. The maximum atomic E-state index is 10.9. The number of nitrogen functional groups attached to an aromatic ring is 1. The molecule has 0 unspecified atom stereocenters. The minimum Gasteiger partial charge on any atom is -0.399 e. The molecule has 0 saturated heterocycles. The van der Waals surface area contributed by atoms with Gasteiger partial charge in [0.05, 0.1) is 0 Å².